The zero-order chi connectivity index (χ0) is 30.9. The highest BCUT2D eigenvalue weighted by molar-refractivity contribution is 5.99. The highest BCUT2D eigenvalue weighted by Crippen LogP contribution is 2.38. The lowest BCUT2D eigenvalue weighted by Gasteiger charge is -2.18. The molecule has 2 N–H and O–H groups in total. The number of carbonyl (C=O) groups is 2. The minimum Gasteiger partial charge on any atom is -0.479 e. The largest absolute Gasteiger partial charge is 0.479 e. The van der Waals surface area contributed by atoms with E-state index in [0.29, 0.717) is 17.0 Å². The average molecular weight is 581 g/mol. The number of hydrogen-bond acceptors (Lipinski definition) is 3. The van der Waals surface area contributed by atoms with Crippen LogP contribution in [0.4, 0.5) is 13.2 Å². The number of amides is 1. The third-order valence-electron chi connectivity index (χ3n) is 7.67. The van der Waals surface area contributed by atoms with E-state index in [1.807, 2.05) is 49.6 Å². The van der Waals surface area contributed by atoms with Crippen LogP contribution in [0.1, 0.15) is 83.5 Å². The molecule has 0 radical (unpaired) electrons. The predicted molar refractivity (Wildman–Crippen MR) is 156 cm³/mol. The maximum atomic E-state index is 13.6. The number of aryl methyl sites for hydroxylation is 1. The van der Waals surface area contributed by atoms with Gasteiger partial charge >= 0.3 is 12.1 Å². The number of alkyl halides is 3. The zero-order valence-corrected chi connectivity index (χ0v) is 24.5. The first-order chi connectivity index (χ1) is 19.7. The van der Waals surface area contributed by atoms with Crippen molar-refractivity contribution in [3.8, 4) is 5.75 Å². The molecule has 1 unspecified atom stereocenters. The first kappa shape index (κ1) is 30.7. The number of fused-ring (bicyclic) bond motifs is 1. The van der Waals surface area contributed by atoms with E-state index in [2.05, 4.69) is 31.3 Å². The molecule has 42 heavy (non-hydrogen) atoms. The highest BCUT2D eigenvalue weighted by Gasteiger charge is 2.35. The van der Waals surface area contributed by atoms with E-state index < -0.39 is 29.6 Å². The zero-order valence-electron chi connectivity index (χ0n) is 24.5. The summed E-state index contributed by atoms with van der Waals surface area (Å²) in [5.41, 5.74) is 4.85. The Kier molecular flexibility index (Phi) is 8.71. The van der Waals surface area contributed by atoms with Crippen LogP contribution in [0.15, 0.2) is 60.7 Å². The van der Waals surface area contributed by atoms with Crippen LogP contribution in [0.2, 0.25) is 0 Å². The molecule has 6 nitrogen and oxygen atoms in total. The Bertz CT molecular complexity index is 1640. The Morgan fingerprint density at radius 1 is 0.952 bits per heavy atom. The first-order valence-corrected chi connectivity index (χ1v) is 13.8. The number of ether oxygens (including phenoxy) is 1. The van der Waals surface area contributed by atoms with Crippen molar-refractivity contribution < 1.29 is 32.6 Å². The minimum atomic E-state index is -4.70. The van der Waals surface area contributed by atoms with Crippen molar-refractivity contribution in [2.45, 2.75) is 72.3 Å². The summed E-state index contributed by atoms with van der Waals surface area (Å²) < 4.78 is 47.9. The van der Waals surface area contributed by atoms with Gasteiger partial charge in [0.25, 0.3) is 5.91 Å². The minimum absolute atomic E-state index is 0.195. The fourth-order valence-electron chi connectivity index (χ4n) is 4.97. The van der Waals surface area contributed by atoms with Gasteiger partial charge in [0.05, 0.1) is 11.6 Å². The van der Waals surface area contributed by atoms with Crippen LogP contribution in [0.25, 0.3) is 10.9 Å². The van der Waals surface area contributed by atoms with Crippen LogP contribution in [-0.2, 0) is 17.5 Å². The van der Waals surface area contributed by atoms with Crippen LogP contribution in [-0.4, -0.2) is 27.7 Å². The Hall–Kier alpha value is -4.27. The van der Waals surface area contributed by atoms with Crippen molar-refractivity contribution in [2.75, 3.05) is 0 Å². The van der Waals surface area contributed by atoms with E-state index in [0.717, 1.165) is 33.8 Å². The topological polar surface area (TPSA) is 80.6 Å². The molecular formula is C33H35F3N2O4. The second-order valence-electron chi connectivity index (χ2n) is 11.0. The summed E-state index contributed by atoms with van der Waals surface area (Å²) in [6.07, 6.45) is -6.16. The quantitative estimate of drug-likeness (QED) is 0.212. The average Bonchev–Trinajstić information content (AvgIpc) is 3.16. The number of aliphatic carboxylic acids is 1. The molecule has 0 aliphatic rings. The third-order valence-corrected chi connectivity index (χ3v) is 7.67. The lowest BCUT2D eigenvalue weighted by Crippen LogP contribution is -2.26. The lowest BCUT2D eigenvalue weighted by molar-refractivity contribution is -0.147. The molecule has 222 valence electrons. The Labute approximate surface area is 243 Å². The van der Waals surface area contributed by atoms with E-state index in [9.17, 15) is 22.8 Å². The van der Waals surface area contributed by atoms with Gasteiger partial charge in [-0.3, -0.25) is 4.79 Å². The second-order valence-corrected chi connectivity index (χ2v) is 11.0. The van der Waals surface area contributed by atoms with Crippen molar-refractivity contribution in [3.05, 3.63) is 99.7 Å². The molecule has 4 aromatic rings. The van der Waals surface area contributed by atoms with Crippen LogP contribution >= 0.6 is 0 Å². The van der Waals surface area contributed by atoms with Crippen LogP contribution in [0.3, 0.4) is 0 Å². The maximum Gasteiger partial charge on any atom is 0.419 e. The van der Waals surface area contributed by atoms with E-state index >= 15 is 0 Å². The molecule has 3 aromatic carbocycles. The molecular weight excluding hydrogens is 545 g/mol. The molecule has 0 spiro atoms. The van der Waals surface area contributed by atoms with E-state index in [-0.39, 0.29) is 18.5 Å². The number of carboxylic acid groups (broad SMARTS) is 1. The van der Waals surface area contributed by atoms with Crippen LogP contribution in [0.5, 0.6) is 5.75 Å². The third kappa shape index (κ3) is 6.45. The van der Waals surface area contributed by atoms with Gasteiger partial charge in [-0.15, -0.1) is 0 Å². The summed E-state index contributed by atoms with van der Waals surface area (Å²) in [5.74, 6) is -1.73. The molecule has 0 aliphatic carbocycles. The number of nitrogens with one attached hydrogen (secondary N) is 1. The molecule has 0 bridgehead atoms. The maximum absolute atomic E-state index is 13.6. The second kappa shape index (κ2) is 11.9. The first-order valence-electron chi connectivity index (χ1n) is 13.8. The Morgan fingerprint density at radius 3 is 2.29 bits per heavy atom. The van der Waals surface area contributed by atoms with Crippen LogP contribution in [0, 0.1) is 13.8 Å². The number of aromatic nitrogens is 1. The van der Waals surface area contributed by atoms with Gasteiger partial charge in [-0.05, 0) is 86.2 Å². The van der Waals surface area contributed by atoms with Gasteiger partial charge in [-0.2, -0.15) is 13.2 Å². The Morgan fingerprint density at radius 2 is 1.64 bits per heavy atom. The molecule has 2 atom stereocenters. The summed E-state index contributed by atoms with van der Waals surface area (Å²) in [4.78, 5) is 24.4. The van der Waals surface area contributed by atoms with Gasteiger partial charge in [-0.25, -0.2) is 4.79 Å². The molecule has 4 rings (SSSR count). The smallest absolute Gasteiger partial charge is 0.419 e. The highest BCUT2D eigenvalue weighted by atomic mass is 19.4. The molecule has 0 saturated carbocycles. The summed E-state index contributed by atoms with van der Waals surface area (Å²) in [6, 6.07) is 16.9. The molecule has 0 saturated heterocycles. The monoisotopic (exact) mass is 580 g/mol. The standard InChI is InChI=1S/C33H35F3N2O4/c1-18(2)24-8-7-9-25(15-24)20(4)37-31(39)26-11-13-29-27(16-26)19(3)21(5)38(29)17-23-10-12-28(33(34,35)36)30(14-23)42-22(6)32(40)41/h7-16,18,20,22H,17H2,1-6H3,(H,37,39)(H,40,41)/t20-,22?/m0/s1. The van der Waals surface area contributed by atoms with E-state index in [4.69, 9.17) is 9.84 Å². The molecule has 0 aliphatic heterocycles. The summed E-state index contributed by atoms with van der Waals surface area (Å²) >= 11 is 0. The molecule has 1 heterocycles. The van der Waals surface area contributed by atoms with Crippen LogP contribution < -0.4 is 10.1 Å². The van der Waals surface area contributed by atoms with Gasteiger partial charge in [0.15, 0.2) is 6.10 Å². The lowest BCUT2D eigenvalue weighted by atomic mass is 9.98. The fourth-order valence-corrected chi connectivity index (χ4v) is 4.97. The van der Waals surface area contributed by atoms with Crippen molar-refractivity contribution in [2.24, 2.45) is 0 Å². The van der Waals surface area contributed by atoms with E-state index in [1.54, 1.807) is 6.07 Å². The number of carbonyl (C=O) groups excluding carboxylic acids is 1. The van der Waals surface area contributed by atoms with Gasteiger partial charge in [0.2, 0.25) is 0 Å². The molecule has 9 heteroatoms. The SMILES string of the molecule is Cc1c(C)n(Cc2ccc(C(F)(F)F)c(OC(C)C(=O)O)c2)c2ccc(C(=O)N[C@@H](C)c3cccc(C(C)C)c3)cc12. The van der Waals surface area contributed by atoms with Gasteiger partial charge in [0, 0.05) is 28.7 Å². The van der Waals surface area contributed by atoms with Gasteiger partial charge < -0.3 is 19.7 Å². The summed E-state index contributed by atoms with van der Waals surface area (Å²) in [6.45, 7) is 11.4. The van der Waals surface area contributed by atoms with Crippen molar-refractivity contribution in [1.29, 1.82) is 0 Å². The van der Waals surface area contributed by atoms with Gasteiger partial charge in [0.1, 0.15) is 5.75 Å². The van der Waals surface area contributed by atoms with Crippen molar-refractivity contribution in [1.82, 2.24) is 9.88 Å². The molecule has 1 amide bonds. The summed E-state index contributed by atoms with van der Waals surface area (Å²) in [7, 11) is 0. The molecule has 0 fully saturated rings. The van der Waals surface area contributed by atoms with Gasteiger partial charge in [-0.1, -0.05) is 44.2 Å². The molecule has 1 aromatic heterocycles. The fraction of sp³-hybridized carbons (Fsp3) is 0.333. The number of rotatable bonds is 9. The van der Waals surface area contributed by atoms with Crippen molar-refractivity contribution in [3.63, 3.8) is 0 Å². The summed E-state index contributed by atoms with van der Waals surface area (Å²) in [5, 5.41) is 13.1. The van der Waals surface area contributed by atoms with E-state index in [1.165, 1.54) is 24.6 Å². The predicted octanol–water partition coefficient (Wildman–Crippen LogP) is 7.79. The Balaban J connectivity index is 1.62. The number of halogens is 3. The normalized spacial score (nSPS) is 13.3. The number of carboxylic acids is 1. The number of benzene rings is 3. The van der Waals surface area contributed by atoms with Crippen molar-refractivity contribution >= 4 is 22.8 Å². The number of hydrogen-bond donors (Lipinski definition) is 2. The number of nitrogens with zero attached hydrogens (tertiary/aromatic N) is 1.